The lowest BCUT2D eigenvalue weighted by Gasteiger charge is -2.33. The largest absolute Gasteiger partial charge is 0.473 e. The summed E-state index contributed by atoms with van der Waals surface area (Å²) in [6.07, 6.45) is -2.31. The van der Waals surface area contributed by atoms with Gasteiger partial charge in [-0.15, -0.1) is 0 Å². The summed E-state index contributed by atoms with van der Waals surface area (Å²) in [5.41, 5.74) is 4.73. The number of nitrogens with zero attached hydrogens (tertiary/aromatic N) is 3. The molecule has 1 amide bonds. The maximum Gasteiger partial charge on any atom is 0.416 e. The average molecular weight is 549 g/mol. The number of halogens is 3. The number of amides is 1. The lowest BCUT2D eigenvalue weighted by molar-refractivity contribution is -0.137. The lowest BCUT2D eigenvalue weighted by Crippen LogP contribution is -2.40. The highest BCUT2D eigenvalue weighted by Gasteiger charge is 2.40. The molecule has 0 spiro atoms. The second-order valence-corrected chi connectivity index (χ2v) is 11.8. The predicted octanol–water partition coefficient (Wildman–Crippen LogP) is 4.63. The highest BCUT2D eigenvalue weighted by molar-refractivity contribution is 7.91. The fraction of sp³-hybridized carbons (Fsp3) is 0.346. The highest BCUT2D eigenvalue weighted by Crippen LogP contribution is 2.39. The first-order valence-electron chi connectivity index (χ1n) is 11.8. The van der Waals surface area contributed by atoms with Crippen molar-refractivity contribution in [2.24, 2.45) is 11.7 Å². The number of sulfone groups is 1. The van der Waals surface area contributed by atoms with Gasteiger partial charge in [-0.25, -0.2) is 18.4 Å². The van der Waals surface area contributed by atoms with E-state index in [0.717, 1.165) is 18.6 Å². The molecule has 0 saturated carbocycles. The SMILES string of the molecule is CC1CN(c2nccc(S(=O)(=O)c3cccc(OCc4ccc(C(F)(F)F)cc4)n3)c2C(N)=O)C(C)(C)C1. The van der Waals surface area contributed by atoms with E-state index in [1.54, 1.807) is 0 Å². The number of alkyl halides is 3. The van der Waals surface area contributed by atoms with E-state index < -0.39 is 27.5 Å². The Bertz CT molecular complexity index is 1460. The summed E-state index contributed by atoms with van der Waals surface area (Å²) < 4.78 is 71.1. The van der Waals surface area contributed by atoms with Gasteiger partial charge in [0.15, 0.2) is 5.03 Å². The molecule has 1 unspecified atom stereocenters. The van der Waals surface area contributed by atoms with Gasteiger partial charge in [0.2, 0.25) is 15.7 Å². The molecule has 1 aromatic carbocycles. The van der Waals surface area contributed by atoms with Crippen molar-refractivity contribution in [2.45, 2.75) is 55.4 Å². The summed E-state index contributed by atoms with van der Waals surface area (Å²) in [5.74, 6) is -0.497. The van der Waals surface area contributed by atoms with Crippen LogP contribution in [0.1, 0.15) is 48.7 Å². The van der Waals surface area contributed by atoms with Crippen LogP contribution >= 0.6 is 0 Å². The van der Waals surface area contributed by atoms with Gasteiger partial charge in [0.1, 0.15) is 18.0 Å². The molecule has 1 aliphatic rings. The third-order valence-electron chi connectivity index (χ3n) is 6.40. The molecule has 2 aromatic heterocycles. The van der Waals surface area contributed by atoms with Gasteiger partial charge in [-0.2, -0.15) is 13.2 Å². The number of primary amides is 1. The summed E-state index contributed by atoms with van der Waals surface area (Å²) in [6.45, 7) is 6.48. The van der Waals surface area contributed by atoms with Crippen LogP contribution in [0.2, 0.25) is 0 Å². The molecule has 0 radical (unpaired) electrons. The number of ether oxygens (including phenoxy) is 1. The van der Waals surface area contributed by atoms with Gasteiger partial charge in [0.05, 0.1) is 10.5 Å². The van der Waals surface area contributed by atoms with E-state index in [1.165, 1.54) is 42.6 Å². The van der Waals surface area contributed by atoms with Crippen molar-refractivity contribution < 1.29 is 31.1 Å². The Morgan fingerprint density at radius 1 is 1.16 bits per heavy atom. The molecule has 4 rings (SSSR count). The van der Waals surface area contributed by atoms with E-state index in [9.17, 15) is 26.4 Å². The summed E-state index contributed by atoms with van der Waals surface area (Å²) in [4.78, 5) is 22.5. The summed E-state index contributed by atoms with van der Waals surface area (Å²) in [6, 6.07) is 9.70. The molecule has 8 nitrogen and oxygen atoms in total. The molecule has 38 heavy (non-hydrogen) atoms. The minimum atomic E-state index is -4.46. The smallest absolute Gasteiger partial charge is 0.416 e. The Labute approximate surface area is 218 Å². The van der Waals surface area contributed by atoms with E-state index in [1.807, 2.05) is 18.7 Å². The number of benzene rings is 1. The van der Waals surface area contributed by atoms with Gasteiger partial charge < -0.3 is 15.4 Å². The molecule has 2 N–H and O–H groups in total. The van der Waals surface area contributed by atoms with Gasteiger partial charge in [0.25, 0.3) is 5.91 Å². The minimum absolute atomic E-state index is 0.0598. The number of aromatic nitrogens is 2. The molecular formula is C26H27F3N4O4S. The zero-order valence-corrected chi connectivity index (χ0v) is 21.8. The maximum atomic E-state index is 13.6. The number of anilines is 1. The average Bonchev–Trinajstić information content (AvgIpc) is 3.13. The second-order valence-electron chi connectivity index (χ2n) is 9.91. The van der Waals surface area contributed by atoms with Gasteiger partial charge in [0, 0.05) is 24.3 Å². The standard InChI is InChI=1S/C26H27F3N4O4S/c1-16-13-25(2,3)33(14-16)24-22(23(30)34)19(11-12-31-24)38(35,36)21-6-4-5-20(32-21)37-15-17-7-9-18(10-8-17)26(27,28)29/h4-12,16H,13-15H2,1-3H3,(H2,30,34). The third kappa shape index (κ3) is 5.45. The minimum Gasteiger partial charge on any atom is -0.473 e. The van der Waals surface area contributed by atoms with Crippen LogP contribution in [0.3, 0.4) is 0 Å². The Morgan fingerprint density at radius 2 is 1.84 bits per heavy atom. The first-order valence-corrected chi connectivity index (χ1v) is 13.3. The molecule has 202 valence electrons. The molecule has 3 aromatic rings. The Hall–Kier alpha value is -3.67. The number of nitrogens with two attached hydrogens (primary N) is 1. The van der Waals surface area contributed by atoms with Gasteiger partial charge in [-0.1, -0.05) is 25.1 Å². The van der Waals surface area contributed by atoms with E-state index in [-0.39, 0.29) is 39.3 Å². The van der Waals surface area contributed by atoms with E-state index in [2.05, 4.69) is 16.9 Å². The van der Waals surface area contributed by atoms with Crippen LogP contribution in [0.4, 0.5) is 19.0 Å². The first-order chi connectivity index (χ1) is 17.7. The number of carbonyl (C=O) groups is 1. The van der Waals surface area contributed by atoms with Crippen molar-refractivity contribution in [3.63, 3.8) is 0 Å². The van der Waals surface area contributed by atoms with E-state index in [4.69, 9.17) is 10.5 Å². The molecule has 1 aliphatic heterocycles. The van der Waals surface area contributed by atoms with Gasteiger partial charge in [-0.05, 0) is 56.0 Å². The van der Waals surface area contributed by atoms with Crippen LogP contribution in [-0.2, 0) is 22.6 Å². The molecule has 1 atom stereocenters. The van der Waals surface area contributed by atoms with Crippen LogP contribution in [0.5, 0.6) is 5.88 Å². The van der Waals surface area contributed by atoms with Crippen LogP contribution in [0.15, 0.2) is 64.6 Å². The number of hydrogen-bond donors (Lipinski definition) is 1. The number of carbonyl (C=O) groups excluding carboxylic acids is 1. The number of rotatable bonds is 7. The van der Waals surface area contributed by atoms with Crippen molar-refractivity contribution in [1.82, 2.24) is 9.97 Å². The summed E-state index contributed by atoms with van der Waals surface area (Å²) in [5, 5.41) is -0.379. The quantitative estimate of drug-likeness (QED) is 0.458. The molecular weight excluding hydrogens is 521 g/mol. The zero-order valence-electron chi connectivity index (χ0n) is 21.0. The van der Waals surface area contributed by atoms with Crippen LogP contribution < -0.4 is 15.4 Å². The van der Waals surface area contributed by atoms with Crippen LogP contribution in [-0.4, -0.2) is 36.4 Å². The predicted molar refractivity (Wildman–Crippen MR) is 133 cm³/mol. The summed E-state index contributed by atoms with van der Waals surface area (Å²) >= 11 is 0. The Morgan fingerprint density at radius 3 is 2.42 bits per heavy atom. The fourth-order valence-electron chi connectivity index (χ4n) is 4.74. The van der Waals surface area contributed by atoms with Gasteiger partial charge >= 0.3 is 6.18 Å². The molecule has 1 fully saturated rings. The van der Waals surface area contributed by atoms with Crippen molar-refractivity contribution in [3.8, 4) is 5.88 Å². The van der Waals surface area contributed by atoms with Crippen LogP contribution in [0.25, 0.3) is 0 Å². The third-order valence-corrected chi connectivity index (χ3v) is 8.10. The van der Waals surface area contributed by atoms with Crippen molar-refractivity contribution in [3.05, 3.63) is 71.4 Å². The fourth-order valence-corrected chi connectivity index (χ4v) is 6.13. The summed E-state index contributed by atoms with van der Waals surface area (Å²) in [7, 11) is -4.33. The lowest BCUT2D eigenvalue weighted by atomic mass is 9.97. The van der Waals surface area contributed by atoms with E-state index in [0.29, 0.717) is 18.0 Å². The normalized spacial score (nSPS) is 17.4. The van der Waals surface area contributed by atoms with Crippen molar-refractivity contribution >= 4 is 21.6 Å². The number of hydrogen-bond acceptors (Lipinski definition) is 7. The van der Waals surface area contributed by atoms with E-state index >= 15 is 0 Å². The molecule has 0 bridgehead atoms. The van der Waals surface area contributed by atoms with Crippen molar-refractivity contribution in [2.75, 3.05) is 11.4 Å². The monoisotopic (exact) mass is 548 g/mol. The van der Waals surface area contributed by atoms with Crippen LogP contribution in [0, 0.1) is 5.92 Å². The molecule has 1 saturated heterocycles. The van der Waals surface area contributed by atoms with Crippen molar-refractivity contribution in [1.29, 1.82) is 0 Å². The first kappa shape index (κ1) is 27.4. The zero-order chi connectivity index (χ0) is 27.9. The number of pyridine rings is 2. The maximum absolute atomic E-state index is 13.6. The molecule has 0 aliphatic carbocycles. The van der Waals surface area contributed by atoms with Gasteiger partial charge in [-0.3, -0.25) is 4.79 Å². The Kier molecular flexibility index (Phi) is 7.13. The Balaban J connectivity index is 1.64. The second kappa shape index (κ2) is 9.90. The topological polar surface area (TPSA) is 115 Å². The highest BCUT2D eigenvalue weighted by atomic mass is 32.2. The molecule has 3 heterocycles. The molecule has 12 heteroatoms.